The zero-order chi connectivity index (χ0) is 21.1. The standard InChI is InChI=1S/C20H19N7O3/c1-12-10-13(2)27-19(22-12)25-17(26-27)18(28)23-14-5-7-15(8-6-14)24-20(29)21-11-16-4-3-9-30-16/h3-10H,11H2,1-2H3,(H,23,28)(H2,21,24,29). The van der Waals surface area contributed by atoms with Crippen molar-refractivity contribution in [3.8, 4) is 0 Å². The fourth-order valence-corrected chi connectivity index (χ4v) is 2.84. The number of urea groups is 1. The third kappa shape index (κ3) is 4.27. The average Bonchev–Trinajstić information content (AvgIpc) is 3.37. The summed E-state index contributed by atoms with van der Waals surface area (Å²) in [6.45, 7) is 4.01. The lowest BCUT2D eigenvalue weighted by Gasteiger charge is -2.08. The molecular formula is C20H19N7O3. The second-order valence-electron chi connectivity index (χ2n) is 6.60. The highest BCUT2D eigenvalue weighted by atomic mass is 16.3. The Hall–Kier alpha value is -4.21. The normalized spacial score (nSPS) is 10.7. The number of anilines is 2. The number of aromatic nitrogens is 4. The summed E-state index contributed by atoms with van der Waals surface area (Å²) in [6, 6.07) is 11.7. The molecule has 3 N–H and O–H groups in total. The molecule has 0 saturated carbocycles. The van der Waals surface area contributed by atoms with Crippen molar-refractivity contribution < 1.29 is 14.0 Å². The molecule has 0 radical (unpaired) electrons. The molecule has 4 rings (SSSR count). The molecule has 1 aromatic carbocycles. The highest BCUT2D eigenvalue weighted by Crippen LogP contribution is 2.15. The summed E-state index contributed by atoms with van der Waals surface area (Å²) in [7, 11) is 0. The Balaban J connectivity index is 1.36. The molecule has 3 aromatic heterocycles. The Morgan fingerprint density at radius 3 is 2.47 bits per heavy atom. The van der Waals surface area contributed by atoms with Gasteiger partial charge in [-0.25, -0.2) is 14.3 Å². The van der Waals surface area contributed by atoms with E-state index < -0.39 is 5.91 Å². The maximum atomic E-state index is 12.5. The van der Waals surface area contributed by atoms with E-state index in [0.717, 1.165) is 11.4 Å². The number of fused-ring (bicyclic) bond motifs is 1. The molecule has 0 bridgehead atoms. The van der Waals surface area contributed by atoms with Crippen LogP contribution in [0.2, 0.25) is 0 Å². The Bertz CT molecular complexity index is 1200. The van der Waals surface area contributed by atoms with Gasteiger partial charge in [0.2, 0.25) is 5.82 Å². The molecule has 152 valence electrons. The van der Waals surface area contributed by atoms with Crippen molar-refractivity contribution in [3.05, 3.63) is 71.7 Å². The lowest BCUT2D eigenvalue weighted by atomic mass is 10.2. The highest BCUT2D eigenvalue weighted by Gasteiger charge is 2.15. The molecule has 0 fully saturated rings. The molecule has 0 saturated heterocycles. The Labute approximate surface area is 171 Å². The summed E-state index contributed by atoms with van der Waals surface area (Å²) < 4.78 is 6.68. The van der Waals surface area contributed by atoms with Gasteiger partial charge in [-0.15, -0.1) is 5.10 Å². The van der Waals surface area contributed by atoms with Crippen LogP contribution in [0.5, 0.6) is 0 Å². The van der Waals surface area contributed by atoms with Gasteiger partial charge in [0, 0.05) is 22.8 Å². The van der Waals surface area contributed by atoms with E-state index in [-0.39, 0.29) is 18.4 Å². The third-order valence-electron chi connectivity index (χ3n) is 4.23. The van der Waals surface area contributed by atoms with Crippen molar-refractivity contribution in [2.75, 3.05) is 10.6 Å². The van der Waals surface area contributed by atoms with Crippen LogP contribution < -0.4 is 16.0 Å². The summed E-state index contributed by atoms with van der Waals surface area (Å²) in [4.78, 5) is 32.9. The average molecular weight is 405 g/mol. The van der Waals surface area contributed by atoms with Crippen LogP contribution >= 0.6 is 0 Å². The fraction of sp³-hybridized carbons (Fsp3) is 0.150. The number of rotatable bonds is 5. The number of carbonyl (C=O) groups is 2. The monoisotopic (exact) mass is 405 g/mol. The van der Waals surface area contributed by atoms with Crippen molar-refractivity contribution in [1.82, 2.24) is 24.9 Å². The predicted molar refractivity (Wildman–Crippen MR) is 109 cm³/mol. The molecule has 0 spiro atoms. The lowest BCUT2D eigenvalue weighted by molar-refractivity contribution is 0.101. The van der Waals surface area contributed by atoms with Crippen molar-refractivity contribution in [1.29, 1.82) is 0 Å². The fourth-order valence-electron chi connectivity index (χ4n) is 2.84. The summed E-state index contributed by atoms with van der Waals surface area (Å²) in [5, 5.41) is 12.3. The Morgan fingerprint density at radius 1 is 1.03 bits per heavy atom. The topological polar surface area (TPSA) is 126 Å². The molecule has 10 heteroatoms. The largest absolute Gasteiger partial charge is 0.467 e. The van der Waals surface area contributed by atoms with Gasteiger partial charge >= 0.3 is 6.03 Å². The number of aryl methyl sites for hydroxylation is 2. The minimum Gasteiger partial charge on any atom is -0.467 e. The van der Waals surface area contributed by atoms with E-state index in [1.165, 1.54) is 4.52 Å². The van der Waals surface area contributed by atoms with Crippen LogP contribution in [0, 0.1) is 13.8 Å². The molecule has 0 unspecified atom stereocenters. The van der Waals surface area contributed by atoms with Crippen molar-refractivity contribution >= 4 is 29.1 Å². The molecule has 0 aliphatic rings. The molecule has 0 aliphatic carbocycles. The van der Waals surface area contributed by atoms with Gasteiger partial charge in [-0.2, -0.15) is 4.98 Å². The van der Waals surface area contributed by atoms with Gasteiger partial charge < -0.3 is 20.4 Å². The maximum Gasteiger partial charge on any atom is 0.319 e. The molecule has 0 aliphatic heterocycles. The summed E-state index contributed by atoms with van der Waals surface area (Å²) in [5.74, 6) is 0.604. The van der Waals surface area contributed by atoms with Crippen LogP contribution in [-0.4, -0.2) is 31.5 Å². The molecular weight excluding hydrogens is 386 g/mol. The van der Waals surface area contributed by atoms with E-state index in [9.17, 15) is 9.59 Å². The second kappa shape index (κ2) is 8.03. The van der Waals surface area contributed by atoms with Crippen molar-refractivity contribution in [2.24, 2.45) is 0 Å². The van der Waals surface area contributed by atoms with E-state index >= 15 is 0 Å². The maximum absolute atomic E-state index is 12.5. The minimum atomic E-state index is -0.450. The molecule has 0 atom stereocenters. The van der Waals surface area contributed by atoms with Crippen LogP contribution in [0.15, 0.2) is 53.1 Å². The van der Waals surface area contributed by atoms with Crippen molar-refractivity contribution in [3.63, 3.8) is 0 Å². The number of nitrogens with one attached hydrogen (secondary N) is 3. The zero-order valence-electron chi connectivity index (χ0n) is 16.3. The van der Waals surface area contributed by atoms with Crippen molar-refractivity contribution in [2.45, 2.75) is 20.4 Å². The van der Waals surface area contributed by atoms with Gasteiger partial charge in [-0.05, 0) is 56.3 Å². The first-order valence-corrected chi connectivity index (χ1v) is 9.17. The van der Waals surface area contributed by atoms with Gasteiger partial charge in [0.05, 0.1) is 12.8 Å². The van der Waals surface area contributed by atoms with Crippen LogP contribution in [0.4, 0.5) is 16.2 Å². The van der Waals surface area contributed by atoms with Crippen LogP contribution in [0.1, 0.15) is 27.8 Å². The molecule has 10 nitrogen and oxygen atoms in total. The molecule has 30 heavy (non-hydrogen) atoms. The summed E-state index contributed by atoms with van der Waals surface area (Å²) >= 11 is 0. The van der Waals surface area contributed by atoms with Gasteiger partial charge in [0.15, 0.2) is 0 Å². The van der Waals surface area contributed by atoms with Gasteiger partial charge in [0.1, 0.15) is 5.76 Å². The van der Waals surface area contributed by atoms with E-state index in [1.807, 2.05) is 19.9 Å². The Morgan fingerprint density at radius 2 is 1.77 bits per heavy atom. The molecule has 3 amide bonds. The minimum absolute atomic E-state index is 0.0238. The van der Waals surface area contributed by atoms with E-state index in [4.69, 9.17) is 4.42 Å². The number of furan rings is 1. The SMILES string of the molecule is Cc1cc(C)n2nc(C(=O)Nc3ccc(NC(=O)NCc4ccco4)cc3)nc2n1. The van der Waals surface area contributed by atoms with Crippen LogP contribution in [0.25, 0.3) is 5.78 Å². The van der Waals surface area contributed by atoms with Gasteiger partial charge in [-0.1, -0.05) is 0 Å². The molecule has 4 aromatic rings. The number of amides is 3. The second-order valence-corrected chi connectivity index (χ2v) is 6.60. The quantitative estimate of drug-likeness (QED) is 0.469. The van der Waals surface area contributed by atoms with E-state index in [0.29, 0.717) is 22.9 Å². The zero-order valence-corrected chi connectivity index (χ0v) is 16.3. The summed E-state index contributed by atoms with van der Waals surface area (Å²) in [6.07, 6.45) is 1.54. The van der Waals surface area contributed by atoms with E-state index in [2.05, 4.69) is 31.0 Å². The number of hydrogen-bond donors (Lipinski definition) is 3. The highest BCUT2D eigenvalue weighted by molar-refractivity contribution is 6.02. The number of hydrogen-bond acceptors (Lipinski definition) is 6. The lowest BCUT2D eigenvalue weighted by Crippen LogP contribution is -2.27. The van der Waals surface area contributed by atoms with E-state index in [1.54, 1.807) is 42.7 Å². The predicted octanol–water partition coefficient (Wildman–Crippen LogP) is 2.91. The third-order valence-corrected chi connectivity index (χ3v) is 4.23. The number of benzene rings is 1. The smallest absolute Gasteiger partial charge is 0.319 e. The first kappa shape index (κ1) is 19.1. The number of nitrogens with zero attached hydrogens (tertiary/aromatic N) is 4. The van der Waals surface area contributed by atoms with Crippen LogP contribution in [0.3, 0.4) is 0 Å². The number of carbonyl (C=O) groups excluding carboxylic acids is 2. The Kier molecular flexibility index (Phi) is 5.12. The van der Waals surface area contributed by atoms with Gasteiger partial charge in [0.25, 0.3) is 11.7 Å². The molecule has 3 heterocycles. The van der Waals surface area contributed by atoms with Gasteiger partial charge in [-0.3, -0.25) is 4.79 Å². The summed E-state index contributed by atoms with van der Waals surface area (Å²) in [5.41, 5.74) is 2.76. The first-order chi connectivity index (χ1) is 14.5. The first-order valence-electron chi connectivity index (χ1n) is 9.17. The van der Waals surface area contributed by atoms with Crippen LogP contribution in [-0.2, 0) is 6.54 Å².